The number of alkyl halides is 2. The van der Waals surface area contributed by atoms with E-state index < -0.39 is 35.1 Å². The molecule has 0 fully saturated rings. The molecular formula is C26H23F5O2. The number of ether oxygens (including phenoxy) is 2. The Kier molecular flexibility index (Phi) is 6.58. The van der Waals surface area contributed by atoms with Crippen molar-refractivity contribution >= 4 is 0 Å². The van der Waals surface area contributed by atoms with Crippen LogP contribution in [0.2, 0.25) is 0 Å². The maximum Gasteiger partial charge on any atom is 0.171 e. The Labute approximate surface area is 189 Å². The smallest absolute Gasteiger partial charge is 0.171 e. The molecule has 0 saturated heterocycles. The summed E-state index contributed by atoms with van der Waals surface area (Å²) in [6.07, 6.45) is -3.43. The standard InChI is InChI=1S/C26H23F5O2/c1-3-5-15-7-6-14(12-18(15)27)13-33-20-11-9-17-16-8-10-19(32-4-2)23(28)21(16)25(30)26(31)22(17)24(20)29/h6-12,25-26H,3-5,13H2,1-2H3. The Morgan fingerprint density at radius 2 is 1.33 bits per heavy atom. The highest BCUT2D eigenvalue weighted by molar-refractivity contribution is 5.76. The average Bonchev–Trinajstić information content (AvgIpc) is 2.79. The summed E-state index contributed by atoms with van der Waals surface area (Å²) in [5.41, 5.74) is 0.145. The number of aryl methyl sites for hydroxylation is 1. The van der Waals surface area contributed by atoms with Crippen LogP contribution in [0.15, 0.2) is 42.5 Å². The van der Waals surface area contributed by atoms with Crippen LogP contribution in [0.3, 0.4) is 0 Å². The predicted octanol–water partition coefficient (Wildman–Crippen LogP) is 7.74. The average molecular weight is 462 g/mol. The van der Waals surface area contributed by atoms with Crippen molar-refractivity contribution in [2.75, 3.05) is 6.61 Å². The molecule has 0 spiro atoms. The molecule has 2 nitrogen and oxygen atoms in total. The minimum absolute atomic E-state index is 0.0492. The van der Waals surface area contributed by atoms with Crippen molar-refractivity contribution in [3.63, 3.8) is 0 Å². The van der Waals surface area contributed by atoms with Crippen LogP contribution in [0.1, 0.15) is 54.9 Å². The van der Waals surface area contributed by atoms with Crippen LogP contribution in [-0.4, -0.2) is 6.61 Å². The zero-order valence-corrected chi connectivity index (χ0v) is 18.2. The van der Waals surface area contributed by atoms with Gasteiger partial charge >= 0.3 is 0 Å². The monoisotopic (exact) mass is 462 g/mol. The quantitative estimate of drug-likeness (QED) is 0.335. The van der Waals surface area contributed by atoms with Gasteiger partial charge in [0.15, 0.2) is 35.5 Å². The molecule has 1 aliphatic rings. The van der Waals surface area contributed by atoms with Gasteiger partial charge in [0.05, 0.1) is 6.61 Å². The number of rotatable bonds is 7. The predicted molar refractivity (Wildman–Crippen MR) is 115 cm³/mol. The molecule has 0 saturated carbocycles. The summed E-state index contributed by atoms with van der Waals surface area (Å²) in [6.45, 7) is 3.59. The molecule has 7 heteroatoms. The van der Waals surface area contributed by atoms with E-state index in [2.05, 4.69) is 0 Å². The summed E-state index contributed by atoms with van der Waals surface area (Å²) in [6, 6.07) is 9.98. The number of hydrogen-bond donors (Lipinski definition) is 0. The van der Waals surface area contributed by atoms with Crippen LogP contribution in [0.4, 0.5) is 22.0 Å². The zero-order valence-electron chi connectivity index (χ0n) is 18.2. The first-order valence-electron chi connectivity index (χ1n) is 10.8. The third-order valence-corrected chi connectivity index (χ3v) is 5.72. The molecule has 0 amide bonds. The molecule has 3 aromatic rings. The van der Waals surface area contributed by atoms with E-state index in [-0.39, 0.29) is 41.7 Å². The van der Waals surface area contributed by atoms with Crippen molar-refractivity contribution in [2.45, 2.75) is 45.6 Å². The molecule has 2 atom stereocenters. The third kappa shape index (κ3) is 4.16. The van der Waals surface area contributed by atoms with Gasteiger partial charge in [0.25, 0.3) is 0 Å². The molecule has 0 aliphatic heterocycles. The second-order valence-electron chi connectivity index (χ2n) is 7.88. The fourth-order valence-electron chi connectivity index (χ4n) is 4.14. The van der Waals surface area contributed by atoms with Crippen molar-refractivity contribution in [1.82, 2.24) is 0 Å². The summed E-state index contributed by atoms with van der Waals surface area (Å²) in [4.78, 5) is 0. The first-order chi connectivity index (χ1) is 15.9. The van der Waals surface area contributed by atoms with Crippen molar-refractivity contribution in [3.8, 4) is 22.6 Å². The van der Waals surface area contributed by atoms with Gasteiger partial charge in [-0.2, -0.15) is 0 Å². The van der Waals surface area contributed by atoms with Crippen LogP contribution in [-0.2, 0) is 13.0 Å². The van der Waals surface area contributed by atoms with Gasteiger partial charge in [-0.1, -0.05) is 37.6 Å². The Hall–Kier alpha value is -3.09. The van der Waals surface area contributed by atoms with Crippen LogP contribution in [0.25, 0.3) is 11.1 Å². The lowest BCUT2D eigenvalue weighted by atomic mass is 9.82. The Bertz CT molecular complexity index is 1180. The molecule has 0 heterocycles. The van der Waals surface area contributed by atoms with E-state index in [4.69, 9.17) is 9.47 Å². The van der Waals surface area contributed by atoms with E-state index in [1.54, 1.807) is 19.1 Å². The van der Waals surface area contributed by atoms with Crippen molar-refractivity contribution in [2.24, 2.45) is 0 Å². The highest BCUT2D eigenvalue weighted by Crippen LogP contribution is 2.52. The maximum absolute atomic E-state index is 15.2. The zero-order chi connectivity index (χ0) is 23.7. The van der Waals surface area contributed by atoms with Crippen molar-refractivity contribution in [1.29, 1.82) is 0 Å². The van der Waals surface area contributed by atoms with E-state index >= 15 is 4.39 Å². The SMILES string of the molecule is CCCc1ccc(COc2ccc3c(c2F)C(F)C(F)c2c-3ccc(OCC)c2F)cc1F. The number of halogens is 5. The summed E-state index contributed by atoms with van der Waals surface area (Å²) < 4.78 is 84.6. The van der Waals surface area contributed by atoms with Gasteiger partial charge in [-0.05, 0) is 53.8 Å². The lowest BCUT2D eigenvalue weighted by Crippen LogP contribution is -2.16. The van der Waals surface area contributed by atoms with Crippen molar-refractivity contribution in [3.05, 3.63) is 82.2 Å². The fraction of sp³-hybridized carbons (Fsp3) is 0.308. The Morgan fingerprint density at radius 1 is 0.758 bits per heavy atom. The first kappa shape index (κ1) is 23.1. The first-order valence-corrected chi connectivity index (χ1v) is 10.8. The van der Waals surface area contributed by atoms with Crippen LogP contribution < -0.4 is 9.47 Å². The molecule has 3 aromatic carbocycles. The molecule has 0 aromatic heterocycles. The van der Waals surface area contributed by atoms with Gasteiger partial charge in [0.1, 0.15) is 12.4 Å². The van der Waals surface area contributed by atoms with Crippen LogP contribution in [0, 0.1) is 17.5 Å². The summed E-state index contributed by atoms with van der Waals surface area (Å²) >= 11 is 0. The molecule has 2 unspecified atom stereocenters. The van der Waals surface area contributed by atoms with Crippen molar-refractivity contribution < 1.29 is 31.4 Å². The number of benzene rings is 3. The second kappa shape index (κ2) is 9.41. The second-order valence-corrected chi connectivity index (χ2v) is 7.88. The molecule has 0 N–H and O–H groups in total. The van der Waals surface area contributed by atoms with Gasteiger partial charge in [-0.25, -0.2) is 22.0 Å². The number of fused-ring (bicyclic) bond motifs is 3. The molecule has 0 bridgehead atoms. The third-order valence-electron chi connectivity index (χ3n) is 5.72. The molecular weight excluding hydrogens is 439 g/mol. The van der Waals surface area contributed by atoms with Crippen LogP contribution in [0.5, 0.6) is 11.5 Å². The number of hydrogen-bond acceptors (Lipinski definition) is 2. The van der Waals surface area contributed by atoms with Gasteiger partial charge in [-0.15, -0.1) is 0 Å². The van der Waals surface area contributed by atoms with Gasteiger partial charge < -0.3 is 9.47 Å². The highest BCUT2D eigenvalue weighted by atomic mass is 19.2. The molecule has 0 radical (unpaired) electrons. The van der Waals surface area contributed by atoms with Gasteiger partial charge in [0, 0.05) is 11.1 Å². The van der Waals surface area contributed by atoms with E-state index in [1.807, 2.05) is 6.92 Å². The van der Waals surface area contributed by atoms with E-state index in [0.29, 0.717) is 17.5 Å². The maximum atomic E-state index is 15.2. The molecule has 33 heavy (non-hydrogen) atoms. The topological polar surface area (TPSA) is 18.5 Å². The molecule has 1 aliphatic carbocycles. The Morgan fingerprint density at radius 3 is 1.85 bits per heavy atom. The Balaban J connectivity index is 1.66. The fourth-order valence-corrected chi connectivity index (χ4v) is 4.14. The largest absolute Gasteiger partial charge is 0.491 e. The van der Waals surface area contributed by atoms with E-state index in [9.17, 15) is 17.6 Å². The van der Waals surface area contributed by atoms with E-state index in [1.165, 1.54) is 30.3 Å². The lowest BCUT2D eigenvalue weighted by molar-refractivity contribution is 0.157. The lowest BCUT2D eigenvalue weighted by Gasteiger charge is -2.28. The summed E-state index contributed by atoms with van der Waals surface area (Å²) in [7, 11) is 0. The minimum atomic E-state index is -2.42. The van der Waals surface area contributed by atoms with Gasteiger partial charge in [-0.3, -0.25) is 0 Å². The van der Waals surface area contributed by atoms with Gasteiger partial charge in [0.2, 0.25) is 0 Å². The minimum Gasteiger partial charge on any atom is -0.491 e. The van der Waals surface area contributed by atoms with E-state index in [0.717, 1.165) is 6.42 Å². The molecule has 174 valence electrons. The molecule has 4 rings (SSSR count). The highest BCUT2D eigenvalue weighted by Gasteiger charge is 2.40. The van der Waals surface area contributed by atoms with Crippen LogP contribution >= 0.6 is 0 Å². The summed E-state index contributed by atoms with van der Waals surface area (Å²) in [5, 5.41) is 0. The summed E-state index contributed by atoms with van der Waals surface area (Å²) in [5.74, 6) is -2.92. The normalized spacial score (nSPS) is 16.8.